The van der Waals surface area contributed by atoms with Gasteiger partial charge in [-0.1, -0.05) is 23.2 Å². The maximum atomic E-state index is 11.9. The quantitative estimate of drug-likeness (QED) is 0.777. The van der Waals surface area contributed by atoms with Crippen LogP contribution in [0.2, 0.25) is 10.0 Å². The summed E-state index contributed by atoms with van der Waals surface area (Å²) in [7, 11) is 0. The molecule has 0 fully saturated rings. The minimum absolute atomic E-state index is 0.182. The van der Waals surface area contributed by atoms with Crippen molar-refractivity contribution in [2.24, 2.45) is 0 Å². The lowest BCUT2D eigenvalue weighted by atomic mass is 10.2. The van der Waals surface area contributed by atoms with E-state index in [2.05, 4.69) is 5.32 Å². The molecule has 0 aliphatic carbocycles. The van der Waals surface area contributed by atoms with E-state index in [0.717, 1.165) is 0 Å². The van der Waals surface area contributed by atoms with Crippen LogP contribution in [0.15, 0.2) is 42.5 Å². The van der Waals surface area contributed by atoms with Crippen LogP contribution in [0.4, 0.5) is 5.69 Å². The number of anilines is 1. The Labute approximate surface area is 149 Å². The fourth-order valence-electron chi connectivity index (χ4n) is 1.88. The first kappa shape index (κ1) is 18.1. The van der Waals surface area contributed by atoms with Crippen LogP contribution in [0.25, 0.3) is 0 Å². The monoisotopic (exact) mass is 367 g/mol. The Balaban J connectivity index is 1.87. The molecule has 0 bridgehead atoms. The minimum Gasteiger partial charge on any atom is -0.494 e. The first-order valence-corrected chi connectivity index (χ1v) is 7.89. The molecular formula is C17H15Cl2NO4. The van der Waals surface area contributed by atoms with Gasteiger partial charge in [0.15, 0.2) is 6.61 Å². The molecule has 0 aliphatic rings. The van der Waals surface area contributed by atoms with Crippen molar-refractivity contribution in [3.05, 3.63) is 58.1 Å². The Hall–Kier alpha value is -2.24. The normalized spacial score (nSPS) is 10.1. The molecule has 1 N–H and O–H groups in total. The summed E-state index contributed by atoms with van der Waals surface area (Å²) in [5.74, 6) is -0.429. The van der Waals surface area contributed by atoms with Crippen LogP contribution in [0, 0.1) is 0 Å². The second-order valence-electron chi connectivity index (χ2n) is 4.74. The van der Waals surface area contributed by atoms with Gasteiger partial charge in [0, 0.05) is 15.7 Å². The molecule has 126 valence electrons. The molecule has 2 rings (SSSR count). The van der Waals surface area contributed by atoms with Gasteiger partial charge >= 0.3 is 5.97 Å². The third-order valence-corrected chi connectivity index (χ3v) is 3.32. The van der Waals surface area contributed by atoms with E-state index in [1.165, 1.54) is 18.2 Å². The highest BCUT2D eigenvalue weighted by Gasteiger charge is 2.12. The van der Waals surface area contributed by atoms with E-state index in [-0.39, 0.29) is 5.56 Å². The summed E-state index contributed by atoms with van der Waals surface area (Å²) in [6, 6.07) is 11.2. The number of carbonyl (C=O) groups is 2. The number of esters is 1. The molecule has 24 heavy (non-hydrogen) atoms. The molecule has 2 aromatic rings. The van der Waals surface area contributed by atoms with E-state index in [0.29, 0.717) is 28.1 Å². The number of ether oxygens (including phenoxy) is 2. The van der Waals surface area contributed by atoms with Gasteiger partial charge in [0.2, 0.25) is 0 Å². The Morgan fingerprint density at radius 3 is 2.25 bits per heavy atom. The molecule has 0 saturated heterocycles. The van der Waals surface area contributed by atoms with Crippen molar-refractivity contribution in [2.45, 2.75) is 6.92 Å². The van der Waals surface area contributed by atoms with E-state index >= 15 is 0 Å². The zero-order valence-corrected chi connectivity index (χ0v) is 14.4. The first-order valence-electron chi connectivity index (χ1n) is 7.14. The van der Waals surface area contributed by atoms with Crippen molar-refractivity contribution in [3.8, 4) is 5.75 Å². The predicted molar refractivity (Wildman–Crippen MR) is 93.0 cm³/mol. The summed E-state index contributed by atoms with van der Waals surface area (Å²) in [6.07, 6.45) is 0. The zero-order valence-electron chi connectivity index (χ0n) is 12.8. The van der Waals surface area contributed by atoms with Crippen LogP contribution in [0.3, 0.4) is 0 Å². The molecule has 1 amide bonds. The number of amides is 1. The average molecular weight is 368 g/mol. The van der Waals surface area contributed by atoms with Gasteiger partial charge < -0.3 is 14.8 Å². The summed E-state index contributed by atoms with van der Waals surface area (Å²) < 4.78 is 10.3. The molecule has 0 unspecified atom stereocenters. The molecule has 0 heterocycles. The Bertz CT molecular complexity index is 712. The molecule has 0 aliphatic heterocycles. The molecule has 7 heteroatoms. The van der Waals surface area contributed by atoms with Crippen LogP contribution >= 0.6 is 23.2 Å². The van der Waals surface area contributed by atoms with Crippen LogP contribution in [-0.4, -0.2) is 25.1 Å². The summed E-state index contributed by atoms with van der Waals surface area (Å²) in [6.45, 7) is 2.03. The van der Waals surface area contributed by atoms with Gasteiger partial charge in [-0.25, -0.2) is 4.79 Å². The smallest absolute Gasteiger partial charge is 0.338 e. The van der Waals surface area contributed by atoms with E-state index in [1.54, 1.807) is 24.3 Å². The summed E-state index contributed by atoms with van der Waals surface area (Å²) in [4.78, 5) is 23.7. The number of hydrogen-bond acceptors (Lipinski definition) is 4. The van der Waals surface area contributed by atoms with E-state index in [1.807, 2.05) is 6.92 Å². The molecule has 2 aromatic carbocycles. The lowest BCUT2D eigenvalue weighted by molar-refractivity contribution is -0.119. The third-order valence-electron chi connectivity index (χ3n) is 2.88. The van der Waals surface area contributed by atoms with Gasteiger partial charge in [-0.05, 0) is 49.4 Å². The highest BCUT2D eigenvalue weighted by Crippen LogP contribution is 2.20. The topological polar surface area (TPSA) is 64.6 Å². The average Bonchev–Trinajstić information content (AvgIpc) is 2.54. The van der Waals surface area contributed by atoms with Crippen LogP contribution < -0.4 is 10.1 Å². The van der Waals surface area contributed by atoms with Crippen LogP contribution in [0.1, 0.15) is 17.3 Å². The van der Waals surface area contributed by atoms with Crippen molar-refractivity contribution in [3.63, 3.8) is 0 Å². The number of carbonyl (C=O) groups excluding carboxylic acids is 2. The Kier molecular flexibility index (Phi) is 6.46. The lowest BCUT2D eigenvalue weighted by Gasteiger charge is -2.08. The number of halogens is 2. The third kappa shape index (κ3) is 5.44. The molecular weight excluding hydrogens is 353 g/mol. The van der Waals surface area contributed by atoms with E-state index in [9.17, 15) is 9.59 Å². The highest BCUT2D eigenvalue weighted by atomic mass is 35.5. The number of rotatable bonds is 6. The van der Waals surface area contributed by atoms with Crippen molar-refractivity contribution >= 4 is 40.8 Å². The van der Waals surface area contributed by atoms with Crippen molar-refractivity contribution in [1.82, 2.24) is 0 Å². The highest BCUT2D eigenvalue weighted by molar-refractivity contribution is 6.35. The van der Waals surface area contributed by atoms with Gasteiger partial charge in [-0.15, -0.1) is 0 Å². The standard InChI is InChI=1S/C17H15Cl2NO4/c1-2-23-15-5-3-14(4-6-15)20-16(21)10-24-17(22)11-7-12(18)9-13(19)8-11/h3-9H,2,10H2,1H3,(H,20,21). The maximum absolute atomic E-state index is 11.9. The van der Waals surface area contributed by atoms with E-state index in [4.69, 9.17) is 32.7 Å². The molecule has 0 aromatic heterocycles. The molecule has 0 atom stereocenters. The van der Waals surface area contributed by atoms with Gasteiger partial charge in [0.25, 0.3) is 5.91 Å². The zero-order chi connectivity index (χ0) is 17.5. The fraction of sp³-hybridized carbons (Fsp3) is 0.176. The molecule has 0 saturated carbocycles. The van der Waals surface area contributed by atoms with Gasteiger partial charge in [0.1, 0.15) is 5.75 Å². The Morgan fingerprint density at radius 1 is 1.04 bits per heavy atom. The summed E-state index contributed by atoms with van der Waals surface area (Å²) in [5, 5.41) is 3.24. The largest absolute Gasteiger partial charge is 0.494 e. The fourth-order valence-corrected chi connectivity index (χ4v) is 2.41. The first-order chi connectivity index (χ1) is 11.5. The second-order valence-corrected chi connectivity index (χ2v) is 5.61. The van der Waals surface area contributed by atoms with Gasteiger partial charge in [0.05, 0.1) is 12.2 Å². The lowest BCUT2D eigenvalue weighted by Crippen LogP contribution is -2.20. The van der Waals surface area contributed by atoms with E-state index < -0.39 is 18.5 Å². The number of nitrogens with one attached hydrogen (secondary N) is 1. The SMILES string of the molecule is CCOc1ccc(NC(=O)COC(=O)c2cc(Cl)cc(Cl)c2)cc1. The number of benzene rings is 2. The minimum atomic E-state index is -0.679. The Morgan fingerprint density at radius 2 is 1.67 bits per heavy atom. The van der Waals surface area contributed by atoms with Crippen LogP contribution in [-0.2, 0) is 9.53 Å². The predicted octanol–water partition coefficient (Wildman–Crippen LogP) is 4.19. The molecule has 0 spiro atoms. The molecule has 5 nitrogen and oxygen atoms in total. The van der Waals surface area contributed by atoms with Crippen LogP contribution in [0.5, 0.6) is 5.75 Å². The summed E-state index contributed by atoms with van der Waals surface area (Å²) >= 11 is 11.6. The second kappa shape index (κ2) is 8.57. The van der Waals surface area contributed by atoms with Gasteiger partial charge in [-0.2, -0.15) is 0 Å². The van der Waals surface area contributed by atoms with Gasteiger partial charge in [-0.3, -0.25) is 4.79 Å². The molecule has 0 radical (unpaired) electrons. The maximum Gasteiger partial charge on any atom is 0.338 e. The van der Waals surface area contributed by atoms with Crippen molar-refractivity contribution < 1.29 is 19.1 Å². The summed E-state index contributed by atoms with van der Waals surface area (Å²) in [5.41, 5.74) is 0.756. The number of hydrogen-bond donors (Lipinski definition) is 1. The van der Waals surface area contributed by atoms with Crippen molar-refractivity contribution in [1.29, 1.82) is 0 Å². The van der Waals surface area contributed by atoms with Crippen molar-refractivity contribution in [2.75, 3.05) is 18.5 Å².